The second kappa shape index (κ2) is 7.23. The summed E-state index contributed by atoms with van der Waals surface area (Å²) < 4.78 is 0. The molecule has 3 aliphatic rings. The van der Waals surface area contributed by atoms with Crippen LogP contribution in [0.5, 0.6) is 0 Å². The van der Waals surface area contributed by atoms with Crippen molar-refractivity contribution in [3.8, 4) is 0 Å². The maximum atomic E-state index is 13.6. The van der Waals surface area contributed by atoms with Crippen molar-refractivity contribution in [3.05, 3.63) is 29.6 Å². The van der Waals surface area contributed by atoms with E-state index in [2.05, 4.69) is 4.98 Å². The maximum absolute atomic E-state index is 13.6. The molecule has 2 saturated heterocycles. The molecule has 1 aromatic heterocycles. The molecule has 2 aliphatic heterocycles. The molecule has 1 N–H and O–H groups in total. The molecule has 1 unspecified atom stereocenters. The molecule has 146 valence electrons. The Labute approximate surface area is 160 Å². The molecule has 2 amide bonds. The molecule has 1 aromatic rings. The van der Waals surface area contributed by atoms with Gasteiger partial charge in [0.2, 0.25) is 5.91 Å². The van der Waals surface area contributed by atoms with Crippen LogP contribution in [0.2, 0.25) is 0 Å². The van der Waals surface area contributed by atoms with E-state index in [1.54, 1.807) is 12.3 Å². The summed E-state index contributed by atoms with van der Waals surface area (Å²) >= 11 is 0. The van der Waals surface area contributed by atoms with Crippen LogP contribution in [0.1, 0.15) is 67.4 Å². The maximum Gasteiger partial charge on any atom is 0.256 e. The topological polar surface area (TPSA) is 73.7 Å². The summed E-state index contributed by atoms with van der Waals surface area (Å²) in [5.41, 5.74) is 0.628. The third-order valence-corrected chi connectivity index (χ3v) is 6.73. The van der Waals surface area contributed by atoms with E-state index < -0.39 is 5.54 Å². The van der Waals surface area contributed by atoms with Crippen LogP contribution in [-0.4, -0.2) is 62.5 Å². The van der Waals surface area contributed by atoms with E-state index in [1.807, 2.05) is 22.8 Å². The molecular weight excluding hydrogens is 342 g/mol. The fourth-order valence-corrected chi connectivity index (χ4v) is 5.25. The van der Waals surface area contributed by atoms with E-state index in [1.165, 1.54) is 0 Å². The van der Waals surface area contributed by atoms with Crippen LogP contribution in [0.3, 0.4) is 0 Å². The number of likely N-dealkylation sites (tertiary alicyclic amines) is 2. The number of aromatic nitrogens is 1. The van der Waals surface area contributed by atoms with Gasteiger partial charge in [-0.25, -0.2) is 0 Å². The number of hydrogen-bond donors (Lipinski definition) is 1. The van der Waals surface area contributed by atoms with E-state index in [0.717, 1.165) is 57.9 Å². The van der Waals surface area contributed by atoms with Gasteiger partial charge >= 0.3 is 0 Å². The van der Waals surface area contributed by atoms with E-state index in [0.29, 0.717) is 17.8 Å². The summed E-state index contributed by atoms with van der Waals surface area (Å²) in [5, 5.41) is 9.80. The van der Waals surface area contributed by atoms with Crippen molar-refractivity contribution in [2.75, 3.05) is 13.1 Å². The van der Waals surface area contributed by atoms with Crippen LogP contribution in [0.4, 0.5) is 0 Å². The first kappa shape index (κ1) is 18.4. The van der Waals surface area contributed by atoms with Gasteiger partial charge in [-0.1, -0.05) is 0 Å². The SMILES string of the molecule is Cc1ncccc1C(=O)N1CCCC12CCCN(C1CCC(O)CC1)C2=O. The van der Waals surface area contributed by atoms with Crippen molar-refractivity contribution in [1.29, 1.82) is 0 Å². The van der Waals surface area contributed by atoms with Gasteiger partial charge in [0.1, 0.15) is 5.54 Å². The number of piperidine rings is 1. The average Bonchev–Trinajstić information content (AvgIpc) is 3.09. The zero-order valence-electron chi connectivity index (χ0n) is 16.1. The summed E-state index contributed by atoms with van der Waals surface area (Å²) in [7, 11) is 0. The fraction of sp³-hybridized carbons (Fsp3) is 0.667. The van der Waals surface area contributed by atoms with Crippen molar-refractivity contribution in [2.45, 2.75) is 76.0 Å². The van der Waals surface area contributed by atoms with Crippen LogP contribution in [-0.2, 0) is 4.79 Å². The second-order valence-corrected chi connectivity index (χ2v) is 8.29. The number of carbonyl (C=O) groups is 2. The Kier molecular flexibility index (Phi) is 4.93. The molecule has 4 rings (SSSR count). The zero-order valence-corrected chi connectivity index (χ0v) is 16.1. The third kappa shape index (κ3) is 3.14. The first-order valence-corrected chi connectivity index (χ1v) is 10.3. The molecule has 1 atom stereocenters. The smallest absolute Gasteiger partial charge is 0.256 e. The quantitative estimate of drug-likeness (QED) is 0.866. The van der Waals surface area contributed by atoms with E-state index in [9.17, 15) is 14.7 Å². The standard InChI is InChI=1S/C21H29N3O3/c1-15-18(5-2-12-22-15)19(26)24-14-4-11-21(24)10-3-13-23(20(21)27)16-6-8-17(25)9-7-16/h2,5,12,16-17,25H,3-4,6-11,13-14H2,1H3. The lowest BCUT2D eigenvalue weighted by molar-refractivity contribution is -0.149. The molecule has 0 bridgehead atoms. The lowest BCUT2D eigenvalue weighted by Crippen LogP contribution is -2.63. The molecule has 1 spiro atoms. The molecule has 1 saturated carbocycles. The predicted octanol–water partition coefficient (Wildman–Crippen LogP) is 2.29. The monoisotopic (exact) mass is 371 g/mol. The molecule has 27 heavy (non-hydrogen) atoms. The van der Waals surface area contributed by atoms with Gasteiger partial charge in [-0.15, -0.1) is 0 Å². The highest BCUT2D eigenvalue weighted by Crippen LogP contribution is 2.41. The molecule has 3 fully saturated rings. The molecule has 6 heteroatoms. The van der Waals surface area contributed by atoms with Crippen molar-refractivity contribution in [2.24, 2.45) is 0 Å². The van der Waals surface area contributed by atoms with Crippen molar-refractivity contribution in [1.82, 2.24) is 14.8 Å². The van der Waals surface area contributed by atoms with Gasteiger partial charge in [0, 0.05) is 31.0 Å². The Balaban J connectivity index is 1.59. The molecular formula is C21H29N3O3. The second-order valence-electron chi connectivity index (χ2n) is 8.29. The number of aliphatic hydroxyl groups excluding tert-OH is 1. The number of aliphatic hydroxyl groups is 1. The van der Waals surface area contributed by atoms with Gasteiger partial charge in [-0.3, -0.25) is 14.6 Å². The Morgan fingerprint density at radius 1 is 1.19 bits per heavy atom. The summed E-state index contributed by atoms with van der Waals surface area (Å²) in [6.45, 7) is 3.25. The Morgan fingerprint density at radius 2 is 1.89 bits per heavy atom. The number of rotatable bonds is 2. The third-order valence-electron chi connectivity index (χ3n) is 6.73. The lowest BCUT2D eigenvalue weighted by Gasteiger charge is -2.48. The summed E-state index contributed by atoms with van der Waals surface area (Å²) in [6, 6.07) is 3.80. The average molecular weight is 371 g/mol. The fourth-order valence-electron chi connectivity index (χ4n) is 5.25. The molecule has 6 nitrogen and oxygen atoms in total. The highest BCUT2D eigenvalue weighted by Gasteiger charge is 2.54. The first-order chi connectivity index (χ1) is 13.0. The highest BCUT2D eigenvalue weighted by atomic mass is 16.3. The van der Waals surface area contributed by atoms with Crippen molar-refractivity contribution < 1.29 is 14.7 Å². The van der Waals surface area contributed by atoms with Gasteiger partial charge in [0.25, 0.3) is 5.91 Å². The van der Waals surface area contributed by atoms with Gasteiger partial charge in [0.05, 0.1) is 11.7 Å². The van der Waals surface area contributed by atoms with Gasteiger partial charge in [-0.2, -0.15) is 0 Å². The van der Waals surface area contributed by atoms with Crippen LogP contribution in [0.25, 0.3) is 0 Å². The number of carbonyl (C=O) groups excluding carboxylic acids is 2. The van der Waals surface area contributed by atoms with E-state index in [-0.39, 0.29) is 24.0 Å². The van der Waals surface area contributed by atoms with Crippen LogP contribution in [0, 0.1) is 6.92 Å². The minimum atomic E-state index is -0.687. The Hall–Kier alpha value is -1.95. The summed E-state index contributed by atoms with van der Waals surface area (Å²) in [4.78, 5) is 35.0. The molecule has 0 aromatic carbocycles. The lowest BCUT2D eigenvalue weighted by atomic mass is 9.82. The number of amides is 2. The Morgan fingerprint density at radius 3 is 2.59 bits per heavy atom. The summed E-state index contributed by atoms with van der Waals surface area (Å²) in [5.74, 6) is 0.0647. The van der Waals surface area contributed by atoms with E-state index in [4.69, 9.17) is 0 Å². The summed E-state index contributed by atoms with van der Waals surface area (Å²) in [6.07, 6.45) is 8.01. The molecule has 1 aliphatic carbocycles. The van der Waals surface area contributed by atoms with Crippen LogP contribution in [0.15, 0.2) is 18.3 Å². The zero-order chi connectivity index (χ0) is 19.0. The number of aryl methyl sites for hydroxylation is 1. The van der Waals surface area contributed by atoms with Gasteiger partial charge in [-0.05, 0) is 70.4 Å². The first-order valence-electron chi connectivity index (χ1n) is 10.3. The number of nitrogens with zero attached hydrogens (tertiary/aromatic N) is 3. The number of pyridine rings is 1. The van der Waals surface area contributed by atoms with Gasteiger partial charge < -0.3 is 14.9 Å². The molecule has 3 heterocycles. The van der Waals surface area contributed by atoms with Crippen molar-refractivity contribution in [3.63, 3.8) is 0 Å². The van der Waals surface area contributed by atoms with E-state index >= 15 is 0 Å². The van der Waals surface area contributed by atoms with Gasteiger partial charge in [0.15, 0.2) is 0 Å². The largest absolute Gasteiger partial charge is 0.393 e. The van der Waals surface area contributed by atoms with Crippen LogP contribution >= 0.6 is 0 Å². The highest BCUT2D eigenvalue weighted by molar-refractivity contribution is 6.00. The minimum Gasteiger partial charge on any atom is -0.393 e. The van der Waals surface area contributed by atoms with Crippen LogP contribution < -0.4 is 0 Å². The predicted molar refractivity (Wildman–Crippen MR) is 101 cm³/mol. The molecule has 0 radical (unpaired) electrons. The number of hydrogen-bond acceptors (Lipinski definition) is 4. The minimum absolute atomic E-state index is 0.0626. The normalized spacial score (nSPS) is 31.6. The Bertz CT molecular complexity index is 729. The van der Waals surface area contributed by atoms with Crippen molar-refractivity contribution >= 4 is 11.8 Å².